The van der Waals surface area contributed by atoms with E-state index >= 15 is 0 Å². The predicted octanol–water partition coefficient (Wildman–Crippen LogP) is 3.02. The van der Waals surface area contributed by atoms with Crippen molar-refractivity contribution in [1.82, 2.24) is 0 Å². The molecule has 0 unspecified atom stereocenters. The van der Waals surface area contributed by atoms with Gasteiger partial charge in [0.05, 0.1) is 10.6 Å². The second-order valence-corrected chi connectivity index (χ2v) is 7.23. The van der Waals surface area contributed by atoms with E-state index in [1.807, 2.05) is 32.0 Å². The first-order chi connectivity index (χ1) is 9.73. The summed E-state index contributed by atoms with van der Waals surface area (Å²) in [6, 6.07) is 10.8. The lowest BCUT2D eigenvalue weighted by Gasteiger charge is -2.22. The Hall–Kier alpha value is -2.01. The van der Waals surface area contributed by atoms with Crippen LogP contribution in [0.3, 0.4) is 0 Å². The fraction of sp³-hybridized carbons (Fsp3) is 0.250. The average molecular weight is 304 g/mol. The zero-order valence-corrected chi connectivity index (χ0v) is 13.5. The van der Waals surface area contributed by atoms with Crippen molar-refractivity contribution < 1.29 is 8.42 Å². The first-order valence-corrected chi connectivity index (χ1v) is 8.10. The summed E-state index contributed by atoms with van der Waals surface area (Å²) in [7, 11) is -2.07. The van der Waals surface area contributed by atoms with Crippen molar-refractivity contribution in [3.05, 3.63) is 53.1 Å². The molecule has 21 heavy (non-hydrogen) atoms. The summed E-state index contributed by atoms with van der Waals surface area (Å²) in [6.07, 6.45) is 0. The van der Waals surface area contributed by atoms with E-state index in [0.717, 1.165) is 11.1 Å². The molecule has 0 spiro atoms. The van der Waals surface area contributed by atoms with E-state index in [2.05, 4.69) is 0 Å². The molecular weight excluding hydrogens is 284 g/mol. The van der Waals surface area contributed by atoms with Crippen molar-refractivity contribution in [2.24, 2.45) is 0 Å². The summed E-state index contributed by atoms with van der Waals surface area (Å²) in [4.78, 5) is 0.254. The molecule has 2 N–H and O–H groups in total. The van der Waals surface area contributed by atoms with Crippen molar-refractivity contribution in [2.75, 3.05) is 17.1 Å². The quantitative estimate of drug-likeness (QED) is 0.887. The lowest BCUT2D eigenvalue weighted by molar-refractivity contribution is 0.593. The van der Waals surface area contributed by atoms with Crippen LogP contribution in [0.2, 0.25) is 0 Å². The van der Waals surface area contributed by atoms with Gasteiger partial charge in [0.25, 0.3) is 10.0 Å². The van der Waals surface area contributed by atoms with Gasteiger partial charge in [0, 0.05) is 12.7 Å². The smallest absolute Gasteiger partial charge is 0.264 e. The highest BCUT2D eigenvalue weighted by atomic mass is 32.2. The normalized spacial score (nSPS) is 11.4. The van der Waals surface area contributed by atoms with Crippen molar-refractivity contribution in [3.8, 4) is 0 Å². The van der Waals surface area contributed by atoms with E-state index in [9.17, 15) is 8.42 Å². The zero-order chi connectivity index (χ0) is 15.8. The maximum Gasteiger partial charge on any atom is 0.264 e. The third kappa shape index (κ3) is 2.88. The van der Waals surface area contributed by atoms with Gasteiger partial charge in [-0.15, -0.1) is 0 Å². The molecule has 0 heterocycles. The molecule has 0 amide bonds. The molecule has 4 nitrogen and oxygen atoms in total. The van der Waals surface area contributed by atoms with E-state index in [-0.39, 0.29) is 4.90 Å². The van der Waals surface area contributed by atoms with E-state index in [1.54, 1.807) is 32.2 Å². The van der Waals surface area contributed by atoms with Crippen LogP contribution in [0.25, 0.3) is 0 Å². The van der Waals surface area contributed by atoms with Crippen LogP contribution < -0.4 is 10.0 Å². The first-order valence-electron chi connectivity index (χ1n) is 6.66. The Morgan fingerprint density at radius 1 is 1.00 bits per heavy atom. The van der Waals surface area contributed by atoms with Gasteiger partial charge in [0.2, 0.25) is 0 Å². The number of rotatable bonds is 3. The number of nitrogens with zero attached hydrogens (tertiary/aromatic N) is 1. The van der Waals surface area contributed by atoms with Gasteiger partial charge in [-0.25, -0.2) is 8.42 Å². The summed E-state index contributed by atoms with van der Waals surface area (Å²) in [5.41, 5.74) is 9.44. The molecule has 0 aliphatic rings. The highest BCUT2D eigenvalue weighted by Crippen LogP contribution is 2.28. The zero-order valence-electron chi connectivity index (χ0n) is 12.7. The molecule has 5 heteroatoms. The Kier molecular flexibility index (Phi) is 3.96. The Morgan fingerprint density at radius 3 is 2.29 bits per heavy atom. The molecule has 2 rings (SSSR count). The summed E-state index contributed by atoms with van der Waals surface area (Å²) in [5, 5.41) is 0. The van der Waals surface area contributed by atoms with Gasteiger partial charge in [-0.2, -0.15) is 0 Å². The number of hydrogen-bond acceptors (Lipinski definition) is 3. The number of benzene rings is 2. The maximum atomic E-state index is 12.8. The molecule has 0 atom stereocenters. The van der Waals surface area contributed by atoms with Crippen LogP contribution in [-0.2, 0) is 10.0 Å². The maximum absolute atomic E-state index is 12.8. The predicted molar refractivity (Wildman–Crippen MR) is 87.1 cm³/mol. The van der Waals surface area contributed by atoms with Crippen LogP contribution in [0.4, 0.5) is 11.4 Å². The number of aryl methyl sites for hydroxylation is 2. The van der Waals surface area contributed by atoms with Gasteiger partial charge < -0.3 is 5.73 Å². The topological polar surface area (TPSA) is 63.4 Å². The number of nitrogen functional groups attached to an aromatic ring is 1. The van der Waals surface area contributed by atoms with Crippen LogP contribution in [0.1, 0.15) is 16.7 Å². The number of anilines is 2. The minimum Gasteiger partial charge on any atom is -0.398 e. The minimum absolute atomic E-state index is 0.254. The second kappa shape index (κ2) is 5.41. The van der Waals surface area contributed by atoms with Crippen LogP contribution in [0.5, 0.6) is 0 Å². The minimum atomic E-state index is -3.63. The van der Waals surface area contributed by atoms with Crippen molar-refractivity contribution >= 4 is 21.4 Å². The van der Waals surface area contributed by atoms with Gasteiger partial charge in [0.1, 0.15) is 0 Å². The first kappa shape index (κ1) is 15.4. The van der Waals surface area contributed by atoms with Gasteiger partial charge in [-0.05, 0) is 61.7 Å². The van der Waals surface area contributed by atoms with Crippen LogP contribution >= 0.6 is 0 Å². The number of nitrogens with two attached hydrogens (primary N) is 1. The lowest BCUT2D eigenvalue weighted by atomic mass is 10.1. The SMILES string of the molecule is Cc1cccc(N(C)S(=O)(=O)c2cc(C)cc(N)c2C)c1. The molecule has 0 bridgehead atoms. The highest BCUT2D eigenvalue weighted by Gasteiger charge is 2.24. The molecule has 0 aromatic heterocycles. The fourth-order valence-electron chi connectivity index (χ4n) is 2.23. The van der Waals surface area contributed by atoms with Crippen LogP contribution in [-0.4, -0.2) is 15.5 Å². The van der Waals surface area contributed by atoms with Gasteiger partial charge in [-0.3, -0.25) is 4.31 Å². The Balaban J connectivity index is 2.57. The summed E-state index contributed by atoms with van der Waals surface area (Å²) in [6.45, 7) is 5.49. The molecular formula is C16H20N2O2S. The van der Waals surface area contributed by atoms with Crippen molar-refractivity contribution in [3.63, 3.8) is 0 Å². The fourth-order valence-corrected chi connectivity index (χ4v) is 3.76. The molecule has 0 aliphatic carbocycles. The second-order valence-electron chi connectivity index (χ2n) is 5.29. The van der Waals surface area contributed by atoms with E-state index < -0.39 is 10.0 Å². The summed E-state index contributed by atoms with van der Waals surface area (Å²) >= 11 is 0. The monoisotopic (exact) mass is 304 g/mol. The highest BCUT2D eigenvalue weighted by molar-refractivity contribution is 7.92. The molecule has 0 radical (unpaired) electrons. The third-order valence-electron chi connectivity index (χ3n) is 3.55. The van der Waals surface area contributed by atoms with Crippen LogP contribution in [0, 0.1) is 20.8 Å². The molecule has 2 aromatic rings. The molecule has 2 aromatic carbocycles. The Bertz CT molecular complexity index is 783. The molecule has 0 fully saturated rings. The molecule has 0 aliphatic heterocycles. The number of hydrogen-bond donors (Lipinski definition) is 1. The van der Waals surface area contributed by atoms with E-state index in [1.165, 1.54) is 4.31 Å². The van der Waals surface area contributed by atoms with Gasteiger partial charge in [-0.1, -0.05) is 12.1 Å². The third-order valence-corrected chi connectivity index (χ3v) is 5.46. The van der Waals surface area contributed by atoms with Gasteiger partial charge >= 0.3 is 0 Å². The Labute approximate surface area is 126 Å². The van der Waals surface area contributed by atoms with E-state index in [0.29, 0.717) is 16.9 Å². The Morgan fingerprint density at radius 2 is 1.67 bits per heavy atom. The summed E-state index contributed by atoms with van der Waals surface area (Å²) in [5.74, 6) is 0. The molecule has 0 saturated carbocycles. The molecule has 0 saturated heterocycles. The summed E-state index contributed by atoms with van der Waals surface area (Å²) < 4.78 is 27.0. The average Bonchev–Trinajstić information content (AvgIpc) is 2.41. The van der Waals surface area contributed by atoms with Crippen molar-refractivity contribution in [2.45, 2.75) is 25.7 Å². The molecule has 112 valence electrons. The van der Waals surface area contributed by atoms with Crippen molar-refractivity contribution in [1.29, 1.82) is 0 Å². The standard InChI is InChI=1S/C16H20N2O2S/c1-11-6-5-7-14(8-11)18(4)21(19,20)16-10-12(2)9-15(17)13(16)3/h5-10H,17H2,1-4H3. The van der Waals surface area contributed by atoms with Gasteiger partial charge in [0.15, 0.2) is 0 Å². The largest absolute Gasteiger partial charge is 0.398 e. The lowest BCUT2D eigenvalue weighted by Crippen LogP contribution is -2.27. The van der Waals surface area contributed by atoms with E-state index in [4.69, 9.17) is 5.73 Å². The number of sulfonamides is 1. The van der Waals surface area contributed by atoms with Crippen LogP contribution in [0.15, 0.2) is 41.3 Å².